The molecule has 3 rings (SSSR count). The molecule has 0 spiro atoms. The van der Waals surface area contributed by atoms with E-state index in [0.717, 1.165) is 6.42 Å². The van der Waals surface area contributed by atoms with Gasteiger partial charge in [0.25, 0.3) is 0 Å². The molecule has 0 fully saturated rings. The van der Waals surface area contributed by atoms with Crippen LogP contribution in [0.1, 0.15) is 75.5 Å². The van der Waals surface area contributed by atoms with Gasteiger partial charge in [-0.25, -0.2) is 0 Å². The molecule has 0 unspecified atom stereocenters. The number of fused-ring (bicyclic) bond motifs is 1. The molecule has 0 heterocycles. The number of hydrogen-bond donors (Lipinski definition) is 0. The molecule has 0 amide bonds. The van der Waals surface area contributed by atoms with Crippen molar-refractivity contribution in [3.63, 3.8) is 0 Å². The Morgan fingerprint density at radius 3 is 2.36 bits per heavy atom. The zero-order chi connectivity index (χ0) is 16.9. The Morgan fingerprint density at radius 2 is 1.68 bits per heavy atom. The predicted molar refractivity (Wildman–Crippen MR) is 106 cm³/mol. The number of hydrogen-bond acceptors (Lipinski definition) is 0. The van der Waals surface area contributed by atoms with Crippen LogP contribution in [-0.4, -0.2) is 0 Å². The summed E-state index contributed by atoms with van der Waals surface area (Å²) >= 11 is 0. The van der Waals surface area contributed by atoms with Crippen LogP contribution >= 0.6 is 0 Å². The molecule has 0 N–H and O–H groups in total. The second kappa shape index (κ2) is 9.68. The molecule has 0 nitrogen and oxygen atoms in total. The van der Waals surface area contributed by atoms with Crippen molar-refractivity contribution in [1.82, 2.24) is 0 Å². The van der Waals surface area contributed by atoms with Gasteiger partial charge in [0.1, 0.15) is 0 Å². The molecule has 130 valence electrons. The van der Waals surface area contributed by atoms with Crippen molar-refractivity contribution < 1.29 is 26.2 Å². The number of allylic oxidation sites excluding steroid dienone is 1. The summed E-state index contributed by atoms with van der Waals surface area (Å²) in [6.07, 6.45) is 10.3. The van der Waals surface area contributed by atoms with Gasteiger partial charge in [0.15, 0.2) is 0 Å². The molecule has 0 atom stereocenters. The van der Waals surface area contributed by atoms with Crippen LogP contribution in [0.15, 0.2) is 48.0 Å². The summed E-state index contributed by atoms with van der Waals surface area (Å²) in [4.78, 5) is 0. The minimum Gasteiger partial charge on any atom is -0.0654 e. The van der Waals surface area contributed by atoms with Gasteiger partial charge in [0, 0.05) is 26.2 Å². The minimum absolute atomic E-state index is 0. The molecule has 2 aromatic carbocycles. The topological polar surface area (TPSA) is 0 Å². The molecule has 0 saturated carbocycles. The normalized spacial score (nSPS) is 12.7. The van der Waals surface area contributed by atoms with Crippen molar-refractivity contribution in [3.05, 3.63) is 64.7 Å². The molecule has 0 aromatic heterocycles. The van der Waals surface area contributed by atoms with Gasteiger partial charge in [-0.2, -0.15) is 0 Å². The Bertz CT molecular complexity index is 707. The van der Waals surface area contributed by atoms with Gasteiger partial charge < -0.3 is 0 Å². The van der Waals surface area contributed by atoms with Crippen LogP contribution in [-0.2, 0) is 32.6 Å². The van der Waals surface area contributed by atoms with Crippen molar-refractivity contribution in [2.75, 3.05) is 0 Å². The molecule has 25 heavy (non-hydrogen) atoms. The van der Waals surface area contributed by atoms with Crippen molar-refractivity contribution in [3.8, 4) is 11.1 Å². The van der Waals surface area contributed by atoms with E-state index in [4.69, 9.17) is 0 Å². The maximum atomic E-state index is 2.47. The van der Waals surface area contributed by atoms with Gasteiger partial charge >= 0.3 is 0 Å². The molecule has 0 saturated heterocycles. The first-order chi connectivity index (χ1) is 11.7. The van der Waals surface area contributed by atoms with Crippen molar-refractivity contribution in [1.29, 1.82) is 0 Å². The maximum Gasteiger partial charge on any atom is 0 e. The number of benzene rings is 2. The Balaban J connectivity index is 0.00000225. The van der Waals surface area contributed by atoms with Gasteiger partial charge in [-0.1, -0.05) is 94.1 Å². The SMILES string of the molecule is CCCCCCC1=Cc2c(cccc2-c2ccc(C(C)C)cc2)C1.[Zr]. The third-order valence-corrected chi connectivity index (χ3v) is 5.20. The van der Waals surface area contributed by atoms with E-state index in [-0.39, 0.29) is 26.2 Å². The zero-order valence-electron chi connectivity index (χ0n) is 15.9. The monoisotopic (exact) mass is 408 g/mol. The van der Waals surface area contributed by atoms with Crippen LogP contribution in [0.3, 0.4) is 0 Å². The van der Waals surface area contributed by atoms with E-state index in [2.05, 4.69) is 69.3 Å². The Morgan fingerprint density at radius 1 is 0.920 bits per heavy atom. The largest absolute Gasteiger partial charge is 0.0654 e. The molecule has 0 aliphatic heterocycles. The van der Waals surface area contributed by atoms with Gasteiger partial charge in [0.05, 0.1) is 0 Å². The van der Waals surface area contributed by atoms with Crippen molar-refractivity contribution >= 4 is 6.08 Å². The van der Waals surface area contributed by atoms with Crippen LogP contribution in [0.5, 0.6) is 0 Å². The Kier molecular flexibility index (Phi) is 7.89. The fourth-order valence-electron chi connectivity index (χ4n) is 3.68. The van der Waals surface area contributed by atoms with E-state index >= 15 is 0 Å². The quantitative estimate of drug-likeness (QED) is 0.418. The molecule has 1 aliphatic carbocycles. The van der Waals surface area contributed by atoms with E-state index in [1.165, 1.54) is 59.9 Å². The fourth-order valence-corrected chi connectivity index (χ4v) is 3.68. The molecule has 0 radical (unpaired) electrons. The van der Waals surface area contributed by atoms with Gasteiger partial charge in [0.2, 0.25) is 0 Å². The molecular formula is C24H30Zr. The summed E-state index contributed by atoms with van der Waals surface area (Å²) in [5.74, 6) is 0.593. The number of unbranched alkanes of at least 4 members (excludes halogenated alkanes) is 3. The smallest absolute Gasteiger partial charge is 0 e. The predicted octanol–water partition coefficient (Wildman–Crippen LogP) is 7.38. The summed E-state index contributed by atoms with van der Waals surface area (Å²) in [5, 5.41) is 0. The fraction of sp³-hybridized carbons (Fsp3) is 0.417. The molecular weight excluding hydrogens is 379 g/mol. The second-order valence-electron chi connectivity index (χ2n) is 7.45. The van der Waals surface area contributed by atoms with Crippen LogP contribution in [0.25, 0.3) is 17.2 Å². The number of rotatable bonds is 7. The summed E-state index contributed by atoms with van der Waals surface area (Å²) in [6, 6.07) is 15.9. The first-order valence-corrected chi connectivity index (χ1v) is 9.60. The average Bonchev–Trinajstić information content (AvgIpc) is 3.01. The molecule has 1 aliphatic rings. The molecule has 2 aromatic rings. The minimum atomic E-state index is 0. The van der Waals surface area contributed by atoms with E-state index in [1.54, 1.807) is 5.57 Å². The Labute approximate surface area is 172 Å². The summed E-state index contributed by atoms with van der Waals surface area (Å²) in [7, 11) is 0. The van der Waals surface area contributed by atoms with E-state index < -0.39 is 0 Å². The van der Waals surface area contributed by atoms with Gasteiger partial charge in [-0.05, 0) is 53.0 Å². The average molecular weight is 410 g/mol. The molecule has 1 heteroatoms. The summed E-state index contributed by atoms with van der Waals surface area (Å²) in [6.45, 7) is 6.78. The van der Waals surface area contributed by atoms with Crippen LogP contribution < -0.4 is 0 Å². The third kappa shape index (κ3) is 5.04. The van der Waals surface area contributed by atoms with Crippen LogP contribution in [0.4, 0.5) is 0 Å². The second-order valence-corrected chi connectivity index (χ2v) is 7.45. The first-order valence-electron chi connectivity index (χ1n) is 9.60. The van der Waals surface area contributed by atoms with E-state index in [1.807, 2.05) is 0 Å². The molecule has 0 bridgehead atoms. The van der Waals surface area contributed by atoms with Crippen molar-refractivity contribution in [2.24, 2.45) is 0 Å². The van der Waals surface area contributed by atoms with Crippen LogP contribution in [0.2, 0.25) is 0 Å². The van der Waals surface area contributed by atoms with Gasteiger partial charge in [-0.3, -0.25) is 0 Å². The van der Waals surface area contributed by atoms with E-state index in [9.17, 15) is 0 Å². The summed E-state index contributed by atoms with van der Waals surface area (Å²) in [5.41, 5.74) is 8.74. The Hall–Kier alpha value is -0.937. The first kappa shape index (κ1) is 20.4. The zero-order valence-corrected chi connectivity index (χ0v) is 18.4. The maximum absolute atomic E-state index is 2.47. The van der Waals surface area contributed by atoms with Crippen molar-refractivity contribution in [2.45, 2.75) is 65.2 Å². The van der Waals surface area contributed by atoms with Gasteiger partial charge in [-0.15, -0.1) is 0 Å². The third-order valence-electron chi connectivity index (χ3n) is 5.20. The standard InChI is InChI=1S/C24H30.Zr/c1-4-5-6-7-9-19-16-22-10-8-11-23(24(22)17-19)21-14-12-20(13-15-21)18(2)3;/h8,10-15,17-18H,4-7,9,16H2,1-3H3;. The van der Waals surface area contributed by atoms with Crippen LogP contribution in [0, 0.1) is 0 Å². The van der Waals surface area contributed by atoms with E-state index in [0.29, 0.717) is 5.92 Å². The summed E-state index contributed by atoms with van der Waals surface area (Å²) < 4.78 is 0.